The Bertz CT molecular complexity index is 826. The van der Waals surface area contributed by atoms with E-state index in [-0.39, 0.29) is 30.5 Å². The Morgan fingerprint density at radius 2 is 2.00 bits per heavy atom. The van der Waals surface area contributed by atoms with Gasteiger partial charge in [0.05, 0.1) is 0 Å². The van der Waals surface area contributed by atoms with Gasteiger partial charge in [-0.15, -0.1) is 0 Å². The topological polar surface area (TPSA) is 75.4 Å². The van der Waals surface area contributed by atoms with Crippen molar-refractivity contribution in [3.05, 3.63) is 34.4 Å². The van der Waals surface area contributed by atoms with E-state index in [4.69, 9.17) is 17.3 Å². The van der Waals surface area contributed by atoms with Crippen LogP contribution >= 0.6 is 11.6 Å². The van der Waals surface area contributed by atoms with Crippen molar-refractivity contribution in [2.45, 2.75) is 44.1 Å². The van der Waals surface area contributed by atoms with Crippen LogP contribution in [0.1, 0.15) is 44.1 Å². The SMILES string of the molecule is CC1([C@H](c2ccc(F)c(Cl)c2F)C2CC(C3CC3)C2)C(=O)NCCN1C(N)=O. The summed E-state index contributed by atoms with van der Waals surface area (Å²) in [5.74, 6) is -1.51. The molecule has 3 N–H and O–H groups in total. The van der Waals surface area contributed by atoms with E-state index in [1.54, 1.807) is 6.92 Å². The molecule has 1 saturated heterocycles. The summed E-state index contributed by atoms with van der Waals surface area (Å²) in [4.78, 5) is 26.5. The van der Waals surface area contributed by atoms with Crippen LogP contribution in [0.3, 0.4) is 0 Å². The number of hydrogen-bond donors (Lipinski definition) is 2. The Morgan fingerprint density at radius 3 is 2.61 bits per heavy atom. The number of amides is 3. The first kappa shape index (κ1) is 19.4. The number of carbonyl (C=O) groups is 2. The highest BCUT2D eigenvalue weighted by molar-refractivity contribution is 6.31. The predicted octanol–water partition coefficient (Wildman–Crippen LogP) is 3.41. The van der Waals surface area contributed by atoms with Gasteiger partial charge >= 0.3 is 6.03 Å². The van der Waals surface area contributed by atoms with Crippen LogP contribution in [0.4, 0.5) is 13.6 Å². The largest absolute Gasteiger partial charge is 0.352 e. The first-order valence-electron chi connectivity index (χ1n) is 9.74. The van der Waals surface area contributed by atoms with E-state index < -0.39 is 34.1 Å². The van der Waals surface area contributed by atoms with Gasteiger partial charge in [0.2, 0.25) is 5.91 Å². The normalized spacial score (nSPS) is 31.1. The van der Waals surface area contributed by atoms with Gasteiger partial charge in [-0.1, -0.05) is 17.7 Å². The Labute approximate surface area is 167 Å². The Kier molecular flexibility index (Phi) is 4.76. The second-order valence-electron chi connectivity index (χ2n) is 8.46. The molecule has 0 aromatic heterocycles. The van der Waals surface area contributed by atoms with Crippen LogP contribution in [-0.4, -0.2) is 35.5 Å². The van der Waals surface area contributed by atoms with Crippen LogP contribution in [0.25, 0.3) is 0 Å². The summed E-state index contributed by atoms with van der Waals surface area (Å²) >= 11 is 5.85. The quantitative estimate of drug-likeness (QED) is 0.745. The lowest BCUT2D eigenvalue weighted by Crippen LogP contribution is -2.69. The minimum Gasteiger partial charge on any atom is -0.352 e. The van der Waals surface area contributed by atoms with E-state index in [0.29, 0.717) is 11.8 Å². The molecule has 1 aliphatic heterocycles. The summed E-state index contributed by atoms with van der Waals surface area (Å²) in [5.41, 5.74) is 4.38. The summed E-state index contributed by atoms with van der Waals surface area (Å²) in [7, 11) is 0. The highest BCUT2D eigenvalue weighted by Crippen LogP contribution is 2.57. The molecule has 8 heteroatoms. The highest BCUT2D eigenvalue weighted by Gasteiger charge is 2.57. The van der Waals surface area contributed by atoms with Gasteiger partial charge in [0.15, 0.2) is 0 Å². The second-order valence-corrected chi connectivity index (χ2v) is 8.84. The molecule has 3 amide bonds. The Hall–Kier alpha value is -1.89. The van der Waals surface area contributed by atoms with Gasteiger partial charge in [-0.25, -0.2) is 13.6 Å². The number of hydrogen-bond acceptors (Lipinski definition) is 2. The van der Waals surface area contributed by atoms with Gasteiger partial charge in [-0.2, -0.15) is 0 Å². The van der Waals surface area contributed by atoms with Crippen LogP contribution in [0.2, 0.25) is 5.02 Å². The van der Waals surface area contributed by atoms with E-state index in [1.165, 1.54) is 23.8 Å². The second kappa shape index (κ2) is 6.87. The van der Waals surface area contributed by atoms with Gasteiger partial charge in [-0.3, -0.25) is 4.79 Å². The van der Waals surface area contributed by atoms with Gasteiger partial charge in [0.25, 0.3) is 0 Å². The average molecular weight is 412 g/mol. The molecule has 2 atom stereocenters. The molecule has 1 heterocycles. The maximum absolute atomic E-state index is 15.0. The molecule has 2 saturated carbocycles. The monoisotopic (exact) mass is 411 g/mol. The van der Waals surface area contributed by atoms with Gasteiger partial charge in [0.1, 0.15) is 22.2 Å². The van der Waals surface area contributed by atoms with Crippen LogP contribution in [-0.2, 0) is 4.79 Å². The fourth-order valence-corrected chi connectivity index (χ4v) is 5.37. The summed E-state index contributed by atoms with van der Waals surface area (Å²) in [5, 5.41) is 2.19. The number of piperazine rings is 1. The van der Waals surface area contributed by atoms with Crippen molar-refractivity contribution >= 4 is 23.5 Å². The first-order valence-corrected chi connectivity index (χ1v) is 10.1. The molecule has 152 valence electrons. The molecule has 0 radical (unpaired) electrons. The fourth-order valence-electron chi connectivity index (χ4n) is 5.19. The first-order chi connectivity index (χ1) is 13.2. The third-order valence-corrected chi connectivity index (χ3v) is 7.23. The molecule has 3 fully saturated rings. The molecule has 2 aliphatic carbocycles. The minimum atomic E-state index is -1.37. The van der Waals surface area contributed by atoms with E-state index >= 15 is 4.39 Å². The molecule has 4 rings (SSSR count). The Morgan fingerprint density at radius 1 is 1.32 bits per heavy atom. The zero-order valence-electron chi connectivity index (χ0n) is 15.7. The maximum atomic E-state index is 15.0. The lowest BCUT2D eigenvalue weighted by molar-refractivity contribution is -0.137. The minimum absolute atomic E-state index is 0.0164. The number of primary amides is 1. The van der Waals surface area contributed by atoms with Crippen LogP contribution in [0.15, 0.2) is 12.1 Å². The third-order valence-electron chi connectivity index (χ3n) is 6.88. The molecule has 0 bridgehead atoms. The molecule has 28 heavy (non-hydrogen) atoms. The van der Waals surface area contributed by atoms with Crippen molar-refractivity contribution in [3.8, 4) is 0 Å². The fraction of sp³-hybridized carbons (Fsp3) is 0.600. The van der Waals surface area contributed by atoms with Crippen molar-refractivity contribution in [1.82, 2.24) is 10.2 Å². The molecule has 0 spiro atoms. The number of nitrogens with two attached hydrogens (primary N) is 1. The molecule has 5 nitrogen and oxygen atoms in total. The maximum Gasteiger partial charge on any atom is 0.315 e. The van der Waals surface area contributed by atoms with Crippen molar-refractivity contribution in [2.24, 2.45) is 23.5 Å². The molecule has 1 aromatic carbocycles. The van der Waals surface area contributed by atoms with Crippen molar-refractivity contribution in [2.75, 3.05) is 13.1 Å². The van der Waals surface area contributed by atoms with Gasteiger partial charge < -0.3 is 16.0 Å². The van der Waals surface area contributed by atoms with E-state index in [1.807, 2.05) is 0 Å². The van der Waals surface area contributed by atoms with Crippen LogP contribution < -0.4 is 11.1 Å². The van der Waals surface area contributed by atoms with E-state index in [0.717, 1.165) is 18.9 Å². The summed E-state index contributed by atoms with van der Waals surface area (Å²) < 4.78 is 28.8. The number of carbonyl (C=O) groups excluding carboxylic acids is 2. The van der Waals surface area contributed by atoms with Gasteiger partial charge in [0, 0.05) is 19.0 Å². The lowest BCUT2D eigenvalue weighted by Gasteiger charge is -2.53. The van der Waals surface area contributed by atoms with E-state index in [2.05, 4.69) is 5.32 Å². The average Bonchev–Trinajstić information content (AvgIpc) is 3.43. The predicted molar refractivity (Wildman–Crippen MR) is 101 cm³/mol. The number of nitrogens with one attached hydrogen (secondary N) is 1. The van der Waals surface area contributed by atoms with Crippen molar-refractivity contribution in [3.63, 3.8) is 0 Å². The third kappa shape index (κ3) is 2.95. The van der Waals surface area contributed by atoms with Gasteiger partial charge in [-0.05, 0) is 62.0 Å². The number of nitrogens with zero attached hydrogens (tertiary/aromatic N) is 1. The molecule has 1 aromatic rings. The molecule has 3 aliphatic rings. The zero-order chi connectivity index (χ0) is 20.2. The summed E-state index contributed by atoms with van der Waals surface area (Å²) in [6.07, 6.45) is 4.12. The smallest absolute Gasteiger partial charge is 0.315 e. The molecule has 1 unspecified atom stereocenters. The zero-order valence-corrected chi connectivity index (χ0v) is 16.4. The standard InChI is InChI=1S/C20H24ClF2N3O2/c1-20(18(27)25-6-7-26(20)19(24)28)15(12-8-11(9-12)10-2-3-10)13-4-5-14(22)16(21)17(13)23/h4-5,10-12,15H,2-3,6-9H2,1H3,(H2,24,28)(H,25,27)/t11?,12?,15-,20?/m0/s1. The highest BCUT2D eigenvalue weighted by atomic mass is 35.5. The summed E-state index contributed by atoms with van der Waals surface area (Å²) in [6, 6.07) is 1.73. The van der Waals surface area contributed by atoms with Crippen molar-refractivity contribution in [1.29, 1.82) is 0 Å². The van der Waals surface area contributed by atoms with Crippen molar-refractivity contribution < 1.29 is 18.4 Å². The Balaban J connectivity index is 1.79. The number of urea groups is 1. The van der Waals surface area contributed by atoms with E-state index in [9.17, 15) is 14.0 Å². The molecular weight excluding hydrogens is 388 g/mol. The summed E-state index contributed by atoms with van der Waals surface area (Å²) in [6.45, 7) is 2.15. The van der Waals surface area contributed by atoms with Crippen LogP contribution in [0, 0.1) is 29.4 Å². The number of rotatable bonds is 4. The number of halogens is 3. The number of benzene rings is 1. The molecular formula is C20H24ClF2N3O2. The lowest BCUT2D eigenvalue weighted by atomic mass is 9.59. The van der Waals surface area contributed by atoms with Crippen LogP contribution in [0.5, 0.6) is 0 Å².